The first-order valence-electron chi connectivity index (χ1n) is 6.35. The van der Waals surface area contributed by atoms with Gasteiger partial charge in [-0.1, -0.05) is 23.7 Å². The van der Waals surface area contributed by atoms with Crippen LogP contribution in [0.1, 0.15) is 17.3 Å². The van der Waals surface area contributed by atoms with Gasteiger partial charge >= 0.3 is 5.97 Å². The summed E-state index contributed by atoms with van der Waals surface area (Å²) in [6, 6.07) is 8.44. The molecule has 2 aromatic rings. The van der Waals surface area contributed by atoms with Crippen molar-refractivity contribution in [2.75, 3.05) is 5.32 Å². The Bertz CT molecular complexity index is 709. The molecule has 1 atom stereocenters. The first kappa shape index (κ1) is 15.9. The van der Waals surface area contributed by atoms with Crippen LogP contribution in [0.5, 0.6) is 0 Å². The quantitative estimate of drug-likeness (QED) is 0.694. The summed E-state index contributed by atoms with van der Waals surface area (Å²) < 4.78 is 18.4. The average molecular weight is 323 g/mol. The maximum atomic E-state index is 13.4. The Morgan fingerprint density at radius 1 is 1.32 bits per heavy atom. The number of carbonyl (C=O) groups excluding carboxylic acids is 2. The Labute approximate surface area is 131 Å². The summed E-state index contributed by atoms with van der Waals surface area (Å²) in [5.74, 6) is -1.94. The topological polar surface area (TPSA) is 68.3 Å². The number of hydrogen-bond acceptors (Lipinski definition) is 4. The summed E-state index contributed by atoms with van der Waals surface area (Å²) in [7, 11) is 0. The van der Waals surface area contributed by atoms with Crippen molar-refractivity contribution in [3.05, 3.63) is 59.1 Å². The van der Waals surface area contributed by atoms with Gasteiger partial charge in [-0.15, -0.1) is 0 Å². The molecule has 1 aromatic heterocycles. The molecular weight excluding hydrogens is 311 g/mol. The lowest BCUT2D eigenvalue weighted by Gasteiger charge is -2.13. The molecule has 7 heteroatoms. The van der Waals surface area contributed by atoms with Gasteiger partial charge in [-0.2, -0.15) is 0 Å². The molecule has 0 fully saturated rings. The van der Waals surface area contributed by atoms with Crippen molar-refractivity contribution in [1.29, 1.82) is 0 Å². The normalized spacial score (nSPS) is 11.6. The van der Waals surface area contributed by atoms with E-state index in [-0.39, 0.29) is 16.4 Å². The molecule has 0 aliphatic rings. The lowest BCUT2D eigenvalue weighted by Crippen LogP contribution is -2.30. The number of hydrogen-bond donors (Lipinski definition) is 1. The van der Waals surface area contributed by atoms with Gasteiger partial charge in [-0.05, 0) is 31.2 Å². The molecule has 1 aromatic carbocycles. The minimum atomic E-state index is -1.10. The van der Waals surface area contributed by atoms with Crippen molar-refractivity contribution >= 4 is 29.2 Å². The molecule has 0 bridgehead atoms. The van der Waals surface area contributed by atoms with Gasteiger partial charge in [0.1, 0.15) is 11.0 Å². The SMILES string of the molecule is CC(OC(=O)c1ccnc(Cl)c1)C(=O)Nc1ccccc1F. The summed E-state index contributed by atoms with van der Waals surface area (Å²) in [6.45, 7) is 1.39. The molecule has 1 N–H and O–H groups in total. The molecule has 0 radical (unpaired) electrons. The predicted octanol–water partition coefficient (Wildman–Crippen LogP) is 3.06. The standard InChI is InChI=1S/C15H12ClFN2O3/c1-9(14(20)19-12-5-3-2-4-11(12)17)22-15(21)10-6-7-18-13(16)8-10/h2-9H,1H3,(H,19,20). The number of ether oxygens (including phenoxy) is 1. The van der Waals surface area contributed by atoms with E-state index in [2.05, 4.69) is 10.3 Å². The number of nitrogens with one attached hydrogen (secondary N) is 1. The zero-order valence-electron chi connectivity index (χ0n) is 11.5. The third-order valence-corrected chi connectivity index (χ3v) is 2.95. The lowest BCUT2D eigenvalue weighted by molar-refractivity contribution is -0.123. The fraction of sp³-hybridized carbons (Fsp3) is 0.133. The molecule has 5 nitrogen and oxygen atoms in total. The molecule has 1 unspecified atom stereocenters. The number of pyridine rings is 1. The second-order valence-corrected chi connectivity index (χ2v) is 4.77. The molecule has 0 aliphatic carbocycles. The van der Waals surface area contributed by atoms with Crippen LogP contribution in [0.3, 0.4) is 0 Å². The van der Waals surface area contributed by atoms with E-state index >= 15 is 0 Å². The van der Waals surface area contributed by atoms with Gasteiger partial charge in [-0.25, -0.2) is 14.2 Å². The summed E-state index contributed by atoms with van der Waals surface area (Å²) >= 11 is 5.67. The Hall–Kier alpha value is -2.47. The van der Waals surface area contributed by atoms with E-state index < -0.39 is 23.8 Å². The Balaban J connectivity index is 1.99. The molecule has 0 saturated carbocycles. The van der Waals surface area contributed by atoms with E-state index in [1.807, 2.05) is 0 Å². The van der Waals surface area contributed by atoms with Gasteiger partial charge in [0, 0.05) is 6.20 Å². The highest BCUT2D eigenvalue weighted by atomic mass is 35.5. The van der Waals surface area contributed by atoms with Crippen molar-refractivity contribution in [3.8, 4) is 0 Å². The molecule has 0 aliphatic heterocycles. The molecule has 1 heterocycles. The van der Waals surface area contributed by atoms with Crippen molar-refractivity contribution in [1.82, 2.24) is 4.98 Å². The second kappa shape index (κ2) is 7.00. The summed E-state index contributed by atoms with van der Waals surface area (Å²) in [5, 5.41) is 2.49. The molecule has 114 valence electrons. The zero-order chi connectivity index (χ0) is 16.1. The second-order valence-electron chi connectivity index (χ2n) is 4.38. The molecule has 22 heavy (non-hydrogen) atoms. The van der Waals surface area contributed by atoms with Crippen LogP contribution in [-0.4, -0.2) is 23.0 Å². The van der Waals surface area contributed by atoms with Crippen LogP contribution in [0.25, 0.3) is 0 Å². The number of anilines is 1. The van der Waals surface area contributed by atoms with Gasteiger partial charge in [0.15, 0.2) is 6.10 Å². The highest BCUT2D eigenvalue weighted by Crippen LogP contribution is 2.14. The minimum Gasteiger partial charge on any atom is -0.449 e. The van der Waals surface area contributed by atoms with Gasteiger partial charge < -0.3 is 10.1 Å². The van der Waals surface area contributed by atoms with Crippen LogP contribution in [0.2, 0.25) is 5.15 Å². The number of rotatable bonds is 4. The van der Waals surface area contributed by atoms with Crippen molar-refractivity contribution in [2.24, 2.45) is 0 Å². The third kappa shape index (κ3) is 4.02. The number of benzene rings is 1. The lowest BCUT2D eigenvalue weighted by atomic mass is 10.2. The van der Waals surface area contributed by atoms with E-state index in [1.54, 1.807) is 6.07 Å². The van der Waals surface area contributed by atoms with E-state index in [4.69, 9.17) is 16.3 Å². The largest absolute Gasteiger partial charge is 0.449 e. The Kier molecular flexibility index (Phi) is 5.06. The Morgan fingerprint density at radius 2 is 2.05 bits per heavy atom. The van der Waals surface area contributed by atoms with Crippen LogP contribution in [-0.2, 0) is 9.53 Å². The average Bonchev–Trinajstić information content (AvgIpc) is 2.49. The van der Waals surface area contributed by atoms with Crippen LogP contribution < -0.4 is 5.32 Å². The van der Waals surface area contributed by atoms with Crippen molar-refractivity contribution < 1.29 is 18.7 Å². The smallest absolute Gasteiger partial charge is 0.339 e. The fourth-order valence-electron chi connectivity index (χ4n) is 1.61. The monoisotopic (exact) mass is 322 g/mol. The zero-order valence-corrected chi connectivity index (χ0v) is 12.3. The number of halogens is 2. The van der Waals surface area contributed by atoms with E-state index in [0.717, 1.165) is 0 Å². The highest BCUT2D eigenvalue weighted by molar-refractivity contribution is 6.29. The molecule has 2 rings (SSSR count). The molecule has 0 saturated heterocycles. The number of para-hydroxylation sites is 1. The van der Waals surface area contributed by atoms with Crippen LogP contribution >= 0.6 is 11.6 Å². The van der Waals surface area contributed by atoms with Gasteiger partial charge in [0.25, 0.3) is 5.91 Å². The number of carbonyl (C=O) groups is 2. The summed E-state index contributed by atoms with van der Waals surface area (Å²) in [4.78, 5) is 27.5. The van der Waals surface area contributed by atoms with E-state index in [1.165, 1.54) is 43.5 Å². The third-order valence-electron chi connectivity index (χ3n) is 2.75. The first-order chi connectivity index (χ1) is 10.5. The summed E-state index contributed by atoms with van der Waals surface area (Å²) in [5.41, 5.74) is 0.188. The van der Waals surface area contributed by atoms with Crippen molar-refractivity contribution in [3.63, 3.8) is 0 Å². The summed E-state index contributed by atoms with van der Waals surface area (Å²) in [6.07, 6.45) is 0.252. The number of amides is 1. The maximum Gasteiger partial charge on any atom is 0.339 e. The predicted molar refractivity (Wildman–Crippen MR) is 79.2 cm³/mol. The van der Waals surface area contributed by atoms with E-state index in [9.17, 15) is 14.0 Å². The number of aromatic nitrogens is 1. The van der Waals surface area contributed by atoms with Gasteiger partial charge in [-0.3, -0.25) is 4.79 Å². The van der Waals surface area contributed by atoms with Crippen LogP contribution in [0, 0.1) is 5.82 Å². The number of esters is 1. The minimum absolute atomic E-state index is 0.0161. The Morgan fingerprint density at radius 3 is 2.73 bits per heavy atom. The molecule has 0 spiro atoms. The van der Waals surface area contributed by atoms with Gasteiger partial charge in [0.05, 0.1) is 11.3 Å². The van der Waals surface area contributed by atoms with Crippen molar-refractivity contribution in [2.45, 2.75) is 13.0 Å². The first-order valence-corrected chi connectivity index (χ1v) is 6.73. The maximum absolute atomic E-state index is 13.4. The fourth-order valence-corrected chi connectivity index (χ4v) is 1.78. The molecular formula is C15H12ClFN2O3. The van der Waals surface area contributed by atoms with E-state index in [0.29, 0.717) is 0 Å². The van der Waals surface area contributed by atoms with Crippen LogP contribution in [0.4, 0.5) is 10.1 Å². The highest BCUT2D eigenvalue weighted by Gasteiger charge is 2.20. The molecule has 1 amide bonds. The van der Waals surface area contributed by atoms with Crippen LogP contribution in [0.15, 0.2) is 42.6 Å². The number of nitrogens with zero attached hydrogens (tertiary/aromatic N) is 1. The van der Waals surface area contributed by atoms with Gasteiger partial charge in [0.2, 0.25) is 0 Å².